The molecule has 1 aliphatic heterocycles. The number of nitrogens with one attached hydrogen (secondary N) is 1. The number of ketones is 1. The molecular formula is C20H20N2O8. The van der Waals surface area contributed by atoms with E-state index in [4.69, 9.17) is 9.47 Å². The average molecular weight is 416 g/mol. The third-order valence-corrected chi connectivity index (χ3v) is 4.72. The van der Waals surface area contributed by atoms with E-state index >= 15 is 0 Å². The van der Waals surface area contributed by atoms with E-state index in [2.05, 4.69) is 11.8 Å². The van der Waals surface area contributed by atoms with Gasteiger partial charge in [-0.3, -0.25) is 19.1 Å². The predicted molar refractivity (Wildman–Crippen MR) is 103 cm³/mol. The fourth-order valence-corrected chi connectivity index (χ4v) is 3.13. The first-order chi connectivity index (χ1) is 14.3. The summed E-state index contributed by atoms with van der Waals surface area (Å²) in [6, 6.07) is 6.04. The highest BCUT2D eigenvalue weighted by atomic mass is 16.6. The van der Waals surface area contributed by atoms with Crippen molar-refractivity contribution < 1.29 is 29.6 Å². The first kappa shape index (κ1) is 21.5. The zero-order valence-corrected chi connectivity index (χ0v) is 16.1. The lowest BCUT2D eigenvalue weighted by Crippen LogP contribution is -2.39. The number of carbonyl (C=O) groups is 1. The molecule has 4 N–H and O–H groups in total. The van der Waals surface area contributed by atoms with E-state index in [1.165, 1.54) is 26.2 Å². The second kappa shape index (κ2) is 8.64. The van der Waals surface area contributed by atoms with Crippen molar-refractivity contribution in [1.29, 1.82) is 0 Å². The molecule has 1 aliphatic rings. The highest BCUT2D eigenvalue weighted by molar-refractivity contribution is 5.89. The second-order valence-corrected chi connectivity index (χ2v) is 6.59. The first-order valence-corrected chi connectivity index (χ1v) is 8.94. The molecule has 10 nitrogen and oxygen atoms in total. The standard InChI is InChI=1S/C20H20N2O8/c1-3-4-11-9-22(20(28)21-18(11)27)19-16(26)15(25)17(30-19)14(24)13(23)10-5-7-12(29-2)8-6-10/h5-9,13,15-17,19,23,25-26H,1-2H3,(H,21,27,28)/t13?,15-,16-,17+,19+/m0/s1. The van der Waals surface area contributed by atoms with Gasteiger partial charge in [-0.25, -0.2) is 4.79 Å². The van der Waals surface area contributed by atoms with Crippen LogP contribution in [0.25, 0.3) is 0 Å². The Morgan fingerprint density at radius 2 is 1.90 bits per heavy atom. The van der Waals surface area contributed by atoms with Gasteiger partial charge in [0.05, 0.1) is 7.11 Å². The van der Waals surface area contributed by atoms with Gasteiger partial charge < -0.3 is 24.8 Å². The topological polar surface area (TPSA) is 151 Å². The Bertz CT molecular complexity index is 1110. The van der Waals surface area contributed by atoms with E-state index < -0.39 is 47.7 Å². The van der Waals surface area contributed by atoms with Crippen molar-refractivity contribution in [3.63, 3.8) is 0 Å². The minimum Gasteiger partial charge on any atom is -0.497 e. The molecule has 0 radical (unpaired) electrons. The van der Waals surface area contributed by atoms with Crippen LogP contribution in [-0.4, -0.2) is 56.1 Å². The van der Waals surface area contributed by atoms with Crippen molar-refractivity contribution in [2.75, 3.05) is 7.11 Å². The van der Waals surface area contributed by atoms with Crippen LogP contribution < -0.4 is 16.0 Å². The molecule has 158 valence electrons. The Labute approximate surface area is 170 Å². The quantitative estimate of drug-likeness (QED) is 0.446. The number of nitrogens with zero attached hydrogens (tertiary/aromatic N) is 1. The summed E-state index contributed by atoms with van der Waals surface area (Å²) in [7, 11) is 1.47. The van der Waals surface area contributed by atoms with Gasteiger partial charge in [0, 0.05) is 6.20 Å². The number of ether oxygens (including phenoxy) is 2. The summed E-state index contributed by atoms with van der Waals surface area (Å²) in [5.74, 6) is 4.64. The van der Waals surface area contributed by atoms with Crippen LogP contribution in [0.3, 0.4) is 0 Å². The first-order valence-electron chi connectivity index (χ1n) is 8.94. The van der Waals surface area contributed by atoms with Gasteiger partial charge in [-0.05, 0) is 24.6 Å². The number of benzene rings is 1. The largest absolute Gasteiger partial charge is 0.497 e. The Hall–Kier alpha value is -3.23. The molecule has 1 unspecified atom stereocenters. The molecule has 0 amide bonds. The van der Waals surface area contributed by atoms with Gasteiger partial charge >= 0.3 is 5.69 Å². The van der Waals surface area contributed by atoms with Crippen LogP contribution in [0.5, 0.6) is 5.75 Å². The van der Waals surface area contributed by atoms with Gasteiger partial charge in [-0.1, -0.05) is 18.1 Å². The molecule has 1 aromatic heterocycles. The normalized spacial score (nSPS) is 24.0. The molecule has 0 bridgehead atoms. The number of hydrogen-bond acceptors (Lipinski definition) is 8. The van der Waals surface area contributed by atoms with Crippen molar-refractivity contribution in [2.24, 2.45) is 0 Å². The fraction of sp³-hybridized carbons (Fsp3) is 0.350. The van der Waals surface area contributed by atoms with Gasteiger partial charge in [0.2, 0.25) is 0 Å². The number of hydrogen-bond donors (Lipinski definition) is 4. The maximum Gasteiger partial charge on any atom is 0.330 e. The van der Waals surface area contributed by atoms with Crippen LogP contribution in [-0.2, 0) is 9.53 Å². The van der Waals surface area contributed by atoms with E-state index in [0.29, 0.717) is 5.75 Å². The van der Waals surface area contributed by atoms with E-state index in [9.17, 15) is 29.7 Å². The number of H-pyrrole nitrogens is 1. The number of Topliss-reactive ketones (excluding diaryl/α,β-unsaturated/α-hetero) is 1. The summed E-state index contributed by atoms with van der Waals surface area (Å²) < 4.78 is 11.3. The molecule has 2 heterocycles. The number of carbonyl (C=O) groups excluding carboxylic acids is 1. The number of aliphatic hydroxyl groups is 3. The van der Waals surface area contributed by atoms with Crippen LogP contribution in [0, 0.1) is 11.8 Å². The third-order valence-electron chi connectivity index (χ3n) is 4.72. The van der Waals surface area contributed by atoms with E-state index in [1.807, 2.05) is 4.98 Å². The van der Waals surface area contributed by atoms with Crippen LogP contribution >= 0.6 is 0 Å². The average Bonchev–Trinajstić information content (AvgIpc) is 3.03. The lowest BCUT2D eigenvalue weighted by atomic mass is 9.98. The monoisotopic (exact) mass is 416 g/mol. The number of aliphatic hydroxyl groups excluding tert-OH is 3. The Morgan fingerprint density at radius 1 is 1.23 bits per heavy atom. The zero-order chi connectivity index (χ0) is 22.0. The van der Waals surface area contributed by atoms with Crippen LogP contribution in [0.15, 0.2) is 40.1 Å². The fourth-order valence-electron chi connectivity index (χ4n) is 3.13. The number of methoxy groups -OCH3 is 1. The molecule has 2 aromatic rings. The second-order valence-electron chi connectivity index (χ2n) is 6.59. The zero-order valence-electron chi connectivity index (χ0n) is 16.1. The molecule has 1 aromatic carbocycles. The van der Waals surface area contributed by atoms with Gasteiger partial charge in [0.25, 0.3) is 5.56 Å². The number of aromatic nitrogens is 2. The molecular weight excluding hydrogens is 396 g/mol. The van der Waals surface area contributed by atoms with E-state index in [-0.39, 0.29) is 11.1 Å². The summed E-state index contributed by atoms with van der Waals surface area (Å²) in [5, 5.41) is 31.0. The summed E-state index contributed by atoms with van der Waals surface area (Å²) in [5.41, 5.74) is -1.46. The van der Waals surface area contributed by atoms with Gasteiger partial charge in [-0.2, -0.15) is 0 Å². The van der Waals surface area contributed by atoms with Crippen LogP contribution in [0.4, 0.5) is 0 Å². The SMILES string of the molecule is CC#Cc1cn([C@@H]2O[C@H](C(=O)C(O)c3ccc(OC)cc3)[C@@H](O)[C@@H]2O)c(=O)[nH]c1=O. The van der Waals surface area contributed by atoms with Crippen molar-refractivity contribution >= 4 is 5.78 Å². The van der Waals surface area contributed by atoms with Crippen molar-refractivity contribution in [3.05, 3.63) is 62.4 Å². The van der Waals surface area contributed by atoms with Crippen LogP contribution in [0.2, 0.25) is 0 Å². The van der Waals surface area contributed by atoms with Crippen LogP contribution in [0.1, 0.15) is 30.4 Å². The van der Waals surface area contributed by atoms with Crippen molar-refractivity contribution in [1.82, 2.24) is 9.55 Å². The van der Waals surface area contributed by atoms with Crippen molar-refractivity contribution in [3.8, 4) is 17.6 Å². The van der Waals surface area contributed by atoms with Gasteiger partial charge in [0.15, 0.2) is 18.1 Å². The van der Waals surface area contributed by atoms with Gasteiger partial charge in [-0.15, -0.1) is 5.92 Å². The maximum absolute atomic E-state index is 12.7. The molecule has 1 saturated heterocycles. The Balaban J connectivity index is 1.88. The molecule has 1 fully saturated rings. The van der Waals surface area contributed by atoms with E-state index in [0.717, 1.165) is 10.8 Å². The molecule has 0 spiro atoms. The summed E-state index contributed by atoms with van der Waals surface area (Å²) in [6.07, 6.45) is -7.04. The minimum absolute atomic E-state index is 0.0598. The van der Waals surface area contributed by atoms with Crippen molar-refractivity contribution in [2.45, 2.75) is 37.6 Å². The molecule has 10 heteroatoms. The number of aromatic amines is 1. The summed E-state index contributed by atoms with van der Waals surface area (Å²) in [6.45, 7) is 1.49. The molecule has 3 rings (SSSR count). The third kappa shape index (κ3) is 3.92. The number of rotatable bonds is 5. The Kier molecular flexibility index (Phi) is 6.19. The van der Waals surface area contributed by atoms with Gasteiger partial charge in [0.1, 0.15) is 29.6 Å². The summed E-state index contributed by atoms with van der Waals surface area (Å²) in [4.78, 5) is 38.7. The highest BCUT2D eigenvalue weighted by Crippen LogP contribution is 2.32. The lowest BCUT2D eigenvalue weighted by Gasteiger charge is -2.18. The smallest absolute Gasteiger partial charge is 0.330 e. The lowest BCUT2D eigenvalue weighted by molar-refractivity contribution is -0.144. The predicted octanol–water partition coefficient (Wildman–Crippen LogP) is -1.16. The highest BCUT2D eigenvalue weighted by Gasteiger charge is 2.49. The molecule has 0 aliphatic carbocycles. The maximum atomic E-state index is 12.7. The molecule has 5 atom stereocenters. The summed E-state index contributed by atoms with van der Waals surface area (Å²) >= 11 is 0. The van der Waals surface area contributed by atoms with E-state index in [1.54, 1.807) is 12.1 Å². The molecule has 30 heavy (non-hydrogen) atoms. The molecule has 0 saturated carbocycles. The Morgan fingerprint density at radius 3 is 2.50 bits per heavy atom. The minimum atomic E-state index is -1.71.